The first-order valence-electron chi connectivity index (χ1n) is 8.00. The molecule has 0 unspecified atom stereocenters. The number of carbonyl (C=O) groups excluding carboxylic acids is 2. The molecule has 1 aromatic carbocycles. The molecule has 0 atom stereocenters. The Morgan fingerprint density at radius 2 is 1.88 bits per heavy atom. The number of nitro benzene ring substituents is 1. The van der Waals surface area contributed by atoms with E-state index in [4.69, 9.17) is 11.6 Å². The fourth-order valence-electron chi connectivity index (χ4n) is 3.67. The molecule has 2 aliphatic carbocycles. The summed E-state index contributed by atoms with van der Waals surface area (Å²) in [6.07, 6.45) is 3.87. The smallest absolute Gasteiger partial charge is 0.323 e. The molecular formula is C16H16ClN3O4. The Hall–Kier alpha value is -2.15. The second-order valence-corrected chi connectivity index (χ2v) is 7.18. The number of halogens is 1. The summed E-state index contributed by atoms with van der Waals surface area (Å²) in [5.41, 5.74) is -0.330. The average molecular weight is 350 g/mol. The van der Waals surface area contributed by atoms with E-state index in [1.165, 1.54) is 23.1 Å². The zero-order valence-corrected chi connectivity index (χ0v) is 13.6. The number of hydrogen-bond donors (Lipinski definition) is 1. The van der Waals surface area contributed by atoms with E-state index in [1.54, 1.807) is 0 Å². The van der Waals surface area contributed by atoms with Gasteiger partial charge in [0.05, 0.1) is 16.5 Å². The molecule has 3 amide bonds. The lowest BCUT2D eigenvalue weighted by molar-refractivity contribution is -0.384. The predicted octanol–water partition coefficient (Wildman–Crippen LogP) is 2.86. The summed E-state index contributed by atoms with van der Waals surface area (Å²) in [4.78, 5) is 36.8. The first kappa shape index (κ1) is 15.4. The Labute approximate surface area is 143 Å². The van der Waals surface area contributed by atoms with Gasteiger partial charge in [0.15, 0.2) is 0 Å². The van der Waals surface area contributed by atoms with E-state index < -0.39 is 16.5 Å². The average Bonchev–Trinajstić information content (AvgIpc) is 3.43. The van der Waals surface area contributed by atoms with Gasteiger partial charge in [0.2, 0.25) is 0 Å². The van der Waals surface area contributed by atoms with Crippen LogP contribution in [0.5, 0.6) is 0 Å². The third-order valence-electron chi connectivity index (χ3n) is 5.18. The molecule has 0 spiro atoms. The number of nitrogens with one attached hydrogen (secondary N) is 1. The second-order valence-electron chi connectivity index (χ2n) is 6.77. The molecule has 24 heavy (non-hydrogen) atoms. The van der Waals surface area contributed by atoms with E-state index in [-0.39, 0.29) is 35.0 Å². The summed E-state index contributed by atoms with van der Waals surface area (Å²) in [5.74, 6) is 0.296. The standard InChI is InChI=1S/C16H16ClN3O4/c17-13-7-12(20(23)24)6-1-9(13)8-19-14(21)16(10-2-3-10,11-4-5-11)18-15(19)22/h1,6-7,10-11H,2-5,8H2,(H,18,22). The lowest BCUT2D eigenvalue weighted by Crippen LogP contribution is -2.51. The molecule has 1 heterocycles. The topological polar surface area (TPSA) is 92.6 Å². The predicted molar refractivity (Wildman–Crippen MR) is 85.4 cm³/mol. The summed E-state index contributed by atoms with van der Waals surface area (Å²) in [6, 6.07) is 3.67. The van der Waals surface area contributed by atoms with E-state index in [9.17, 15) is 19.7 Å². The molecule has 1 aliphatic heterocycles. The number of nitro groups is 1. The van der Waals surface area contributed by atoms with Gasteiger partial charge in [0, 0.05) is 12.1 Å². The summed E-state index contributed by atoms with van der Waals surface area (Å²) in [6.45, 7) is 0.0304. The zero-order chi connectivity index (χ0) is 17.1. The van der Waals surface area contributed by atoms with E-state index in [1.807, 2.05) is 0 Å². The number of rotatable bonds is 5. The van der Waals surface area contributed by atoms with Crippen LogP contribution in [0, 0.1) is 22.0 Å². The maximum absolute atomic E-state index is 13.0. The minimum absolute atomic E-state index is 0.0304. The fraction of sp³-hybridized carbons (Fsp3) is 0.500. The molecule has 1 saturated heterocycles. The fourth-order valence-corrected chi connectivity index (χ4v) is 3.90. The first-order chi connectivity index (χ1) is 11.4. The highest BCUT2D eigenvalue weighted by Crippen LogP contribution is 2.54. The van der Waals surface area contributed by atoms with Crippen LogP contribution in [-0.2, 0) is 11.3 Å². The lowest BCUT2D eigenvalue weighted by atomic mass is 9.87. The van der Waals surface area contributed by atoms with Crippen molar-refractivity contribution in [2.45, 2.75) is 37.8 Å². The van der Waals surface area contributed by atoms with E-state index in [2.05, 4.69) is 5.32 Å². The van der Waals surface area contributed by atoms with Crippen molar-refractivity contribution in [3.05, 3.63) is 38.9 Å². The minimum atomic E-state index is -0.732. The highest BCUT2D eigenvalue weighted by atomic mass is 35.5. The van der Waals surface area contributed by atoms with Gasteiger partial charge >= 0.3 is 6.03 Å². The Morgan fingerprint density at radius 3 is 2.38 bits per heavy atom. The molecule has 1 aromatic rings. The molecule has 1 N–H and O–H groups in total. The van der Waals surface area contributed by atoms with Crippen LogP contribution < -0.4 is 5.32 Å². The monoisotopic (exact) mass is 349 g/mol. The molecule has 0 aromatic heterocycles. The van der Waals surface area contributed by atoms with Gasteiger partial charge in [-0.05, 0) is 49.1 Å². The van der Waals surface area contributed by atoms with Crippen LogP contribution in [-0.4, -0.2) is 27.3 Å². The Morgan fingerprint density at radius 1 is 1.25 bits per heavy atom. The molecule has 3 aliphatic rings. The number of urea groups is 1. The maximum Gasteiger partial charge on any atom is 0.325 e. The number of imide groups is 1. The van der Waals surface area contributed by atoms with Crippen LogP contribution >= 0.6 is 11.6 Å². The number of amides is 3. The van der Waals surface area contributed by atoms with Crippen molar-refractivity contribution in [2.24, 2.45) is 11.8 Å². The largest absolute Gasteiger partial charge is 0.325 e. The van der Waals surface area contributed by atoms with Crippen LogP contribution in [0.15, 0.2) is 18.2 Å². The van der Waals surface area contributed by atoms with Gasteiger partial charge in [-0.1, -0.05) is 11.6 Å². The number of benzene rings is 1. The van der Waals surface area contributed by atoms with Crippen LogP contribution in [0.2, 0.25) is 5.02 Å². The van der Waals surface area contributed by atoms with Crippen molar-refractivity contribution in [3.63, 3.8) is 0 Å². The van der Waals surface area contributed by atoms with Crippen LogP contribution in [0.4, 0.5) is 10.5 Å². The first-order valence-corrected chi connectivity index (χ1v) is 8.38. The number of nitrogens with zero attached hydrogens (tertiary/aromatic N) is 2. The zero-order valence-electron chi connectivity index (χ0n) is 12.8. The van der Waals surface area contributed by atoms with Gasteiger partial charge < -0.3 is 5.32 Å². The van der Waals surface area contributed by atoms with Crippen molar-refractivity contribution in [3.8, 4) is 0 Å². The Kier molecular flexibility index (Phi) is 3.32. The molecule has 3 fully saturated rings. The van der Waals surface area contributed by atoms with Gasteiger partial charge in [0.1, 0.15) is 5.54 Å². The summed E-state index contributed by atoms with van der Waals surface area (Å²) in [5, 5.41) is 13.9. The molecule has 126 valence electrons. The highest BCUT2D eigenvalue weighted by molar-refractivity contribution is 6.31. The molecule has 7 nitrogen and oxygen atoms in total. The van der Waals surface area contributed by atoms with Crippen molar-refractivity contribution in [1.82, 2.24) is 10.2 Å². The molecule has 0 bridgehead atoms. The Balaban J connectivity index is 1.60. The van der Waals surface area contributed by atoms with Crippen LogP contribution in [0.1, 0.15) is 31.2 Å². The van der Waals surface area contributed by atoms with Gasteiger partial charge in [0.25, 0.3) is 11.6 Å². The lowest BCUT2D eigenvalue weighted by Gasteiger charge is -2.26. The normalized spacial score (nSPS) is 22.6. The van der Waals surface area contributed by atoms with Crippen molar-refractivity contribution >= 4 is 29.2 Å². The van der Waals surface area contributed by atoms with Gasteiger partial charge in [-0.25, -0.2) is 4.79 Å². The maximum atomic E-state index is 13.0. The van der Waals surface area contributed by atoms with E-state index in [0.29, 0.717) is 5.56 Å². The molecule has 0 radical (unpaired) electrons. The van der Waals surface area contributed by atoms with E-state index >= 15 is 0 Å². The quantitative estimate of drug-likeness (QED) is 0.502. The van der Waals surface area contributed by atoms with Crippen molar-refractivity contribution < 1.29 is 14.5 Å². The van der Waals surface area contributed by atoms with E-state index in [0.717, 1.165) is 25.7 Å². The third-order valence-corrected chi connectivity index (χ3v) is 5.53. The number of hydrogen-bond acceptors (Lipinski definition) is 4. The Bertz CT molecular complexity index is 746. The minimum Gasteiger partial charge on any atom is -0.323 e. The van der Waals surface area contributed by atoms with Crippen LogP contribution in [0.3, 0.4) is 0 Å². The number of carbonyl (C=O) groups is 2. The van der Waals surface area contributed by atoms with Crippen molar-refractivity contribution in [1.29, 1.82) is 0 Å². The highest BCUT2D eigenvalue weighted by Gasteiger charge is 2.65. The van der Waals surface area contributed by atoms with Gasteiger partial charge in [-0.2, -0.15) is 0 Å². The SMILES string of the molecule is O=C1NC(C2CC2)(C2CC2)C(=O)N1Cc1ccc([N+](=O)[O-])cc1Cl. The summed E-state index contributed by atoms with van der Waals surface area (Å²) < 4.78 is 0. The molecule has 8 heteroatoms. The van der Waals surface area contributed by atoms with Crippen molar-refractivity contribution in [2.75, 3.05) is 0 Å². The summed E-state index contributed by atoms with van der Waals surface area (Å²) >= 11 is 6.09. The molecule has 2 saturated carbocycles. The molecule has 4 rings (SSSR count). The molecular weight excluding hydrogens is 334 g/mol. The third kappa shape index (κ3) is 2.26. The van der Waals surface area contributed by atoms with Gasteiger partial charge in [-0.15, -0.1) is 0 Å². The summed E-state index contributed by atoms with van der Waals surface area (Å²) in [7, 11) is 0. The number of non-ortho nitro benzene ring substituents is 1. The second kappa shape index (κ2) is 5.17. The van der Waals surface area contributed by atoms with Crippen LogP contribution in [0.25, 0.3) is 0 Å². The van der Waals surface area contributed by atoms with Gasteiger partial charge in [-0.3, -0.25) is 19.8 Å².